The Labute approximate surface area is 229 Å². The van der Waals surface area contributed by atoms with Crippen LogP contribution < -0.4 is 19.8 Å². The Bertz CT molecular complexity index is 1130. The van der Waals surface area contributed by atoms with Crippen molar-refractivity contribution in [1.82, 2.24) is 0 Å². The second kappa shape index (κ2) is 13.1. The number of esters is 1. The van der Waals surface area contributed by atoms with Crippen LogP contribution in [0.15, 0.2) is 72.8 Å². The summed E-state index contributed by atoms with van der Waals surface area (Å²) in [6.07, 6.45) is 1.40. The van der Waals surface area contributed by atoms with Crippen LogP contribution in [0.1, 0.15) is 57.6 Å². The maximum atomic E-state index is 11.5. The molecule has 0 aromatic heterocycles. The fourth-order valence-corrected chi connectivity index (χ4v) is 9.89. The third kappa shape index (κ3) is 6.66. The smallest absolute Gasteiger partial charge is 0.302 e. The number of benzene rings is 3. The molecule has 0 aliphatic heterocycles. The van der Waals surface area contributed by atoms with Gasteiger partial charge in [0.1, 0.15) is 11.5 Å². The highest BCUT2D eigenvalue weighted by atomic mass is 28.4. The number of aryl methyl sites for hydroxylation is 1. The van der Waals surface area contributed by atoms with Gasteiger partial charge in [0.2, 0.25) is 0 Å². The minimum Gasteiger partial charge on any atom is -0.496 e. The molecule has 1 atom stereocenters. The third-order valence-corrected chi connectivity index (χ3v) is 12.2. The molecule has 0 aliphatic carbocycles. The highest BCUT2D eigenvalue weighted by molar-refractivity contribution is 6.99. The van der Waals surface area contributed by atoms with Crippen molar-refractivity contribution in [3.63, 3.8) is 0 Å². The second-order valence-electron chi connectivity index (χ2n) is 10.7. The van der Waals surface area contributed by atoms with Gasteiger partial charge in [0.25, 0.3) is 8.32 Å². The van der Waals surface area contributed by atoms with E-state index in [9.17, 15) is 4.79 Å². The van der Waals surface area contributed by atoms with Gasteiger partial charge in [-0.1, -0.05) is 81.4 Å². The van der Waals surface area contributed by atoms with Crippen LogP contribution in [0.3, 0.4) is 0 Å². The Balaban J connectivity index is 1.99. The Morgan fingerprint density at radius 1 is 0.816 bits per heavy atom. The van der Waals surface area contributed by atoms with Crippen LogP contribution in [0.4, 0.5) is 0 Å². The molecule has 0 N–H and O–H groups in total. The largest absolute Gasteiger partial charge is 0.496 e. The summed E-state index contributed by atoms with van der Waals surface area (Å²) in [5, 5.41) is 2.41. The molecule has 0 spiro atoms. The van der Waals surface area contributed by atoms with E-state index in [0.717, 1.165) is 29.0 Å². The predicted octanol–water partition coefficient (Wildman–Crippen LogP) is 6.02. The lowest BCUT2D eigenvalue weighted by atomic mass is 9.91. The molecule has 0 aliphatic rings. The molecule has 6 heteroatoms. The van der Waals surface area contributed by atoms with E-state index >= 15 is 0 Å². The van der Waals surface area contributed by atoms with E-state index in [1.807, 2.05) is 13.0 Å². The zero-order valence-corrected chi connectivity index (χ0v) is 24.9. The van der Waals surface area contributed by atoms with E-state index in [-0.39, 0.29) is 16.9 Å². The maximum Gasteiger partial charge on any atom is 0.302 e. The average Bonchev–Trinajstić information content (AvgIpc) is 2.90. The summed E-state index contributed by atoms with van der Waals surface area (Å²) < 4.78 is 23.9. The highest BCUT2D eigenvalue weighted by Crippen LogP contribution is 2.39. The van der Waals surface area contributed by atoms with Crippen molar-refractivity contribution >= 4 is 24.7 Å². The Kier molecular flexibility index (Phi) is 10.2. The van der Waals surface area contributed by atoms with Crippen LogP contribution in [0.5, 0.6) is 11.5 Å². The number of hydrogen-bond acceptors (Lipinski definition) is 5. The average molecular weight is 535 g/mol. The van der Waals surface area contributed by atoms with E-state index in [1.54, 1.807) is 14.2 Å². The minimum absolute atomic E-state index is 0.0528. The zero-order chi connectivity index (χ0) is 27.8. The van der Waals surface area contributed by atoms with Crippen molar-refractivity contribution in [2.75, 3.05) is 27.4 Å². The summed E-state index contributed by atoms with van der Waals surface area (Å²) in [4.78, 5) is 11.5. The first-order chi connectivity index (χ1) is 18.1. The normalized spacial score (nSPS) is 12.6. The molecule has 204 valence electrons. The monoisotopic (exact) mass is 534 g/mol. The van der Waals surface area contributed by atoms with Crippen LogP contribution >= 0.6 is 0 Å². The molecule has 0 bridgehead atoms. The van der Waals surface area contributed by atoms with E-state index in [4.69, 9.17) is 18.6 Å². The lowest BCUT2D eigenvalue weighted by molar-refractivity contribution is -0.141. The standard InChI is InChI=1S/C32H42O5Si/c1-24-22-31(35-7)29(23-30(24)34-6)26(18-20-36-25(2)33)19-21-37-38(32(3,4)5,27-14-10-8-11-15-27)28-16-12-9-13-17-28/h8-17,22-23,26H,18-21H2,1-7H3/t26-/m0/s1. The van der Waals surface area contributed by atoms with Gasteiger partial charge in [-0.3, -0.25) is 4.79 Å². The molecule has 38 heavy (non-hydrogen) atoms. The van der Waals surface area contributed by atoms with Crippen molar-refractivity contribution in [3.8, 4) is 11.5 Å². The molecule has 0 amide bonds. The van der Waals surface area contributed by atoms with Gasteiger partial charge in [-0.2, -0.15) is 0 Å². The van der Waals surface area contributed by atoms with Gasteiger partial charge in [0, 0.05) is 19.1 Å². The van der Waals surface area contributed by atoms with E-state index in [2.05, 4.69) is 87.5 Å². The molecule has 5 nitrogen and oxygen atoms in total. The predicted molar refractivity (Wildman–Crippen MR) is 156 cm³/mol. The Morgan fingerprint density at radius 3 is 1.82 bits per heavy atom. The molecule has 0 fully saturated rings. The summed E-state index contributed by atoms with van der Waals surface area (Å²) in [5.41, 5.74) is 2.04. The SMILES string of the molecule is COc1cc([C@@H](CCOC(C)=O)CCO[Si](c2ccccc2)(c2ccccc2)C(C)(C)C)c(OC)cc1C. The molecule has 0 saturated heterocycles. The van der Waals surface area contributed by atoms with Gasteiger partial charge >= 0.3 is 5.97 Å². The van der Waals surface area contributed by atoms with Crippen LogP contribution in [-0.2, 0) is 14.0 Å². The molecular weight excluding hydrogens is 492 g/mol. The van der Waals surface area contributed by atoms with Gasteiger partial charge in [-0.15, -0.1) is 0 Å². The molecule has 3 aromatic rings. The first kappa shape index (κ1) is 29.5. The molecular formula is C32H42O5Si. The summed E-state index contributed by atoms with van der Waals surface area (Å²) in [6.45, 7) is 11.2. The summed E-state index contributed by atoms with van der Waals surface area (Å²) in [7, 11) is 0.710. The first-order valence-electron chi connectivity index (χ1n) is 13.2. The van der Waals surface area contributed by atoms with E-state index < -0.39 is 8.32 Å². The summed E-state index contributed by atoms with van der Waals surface area (Å²) in [5.74, 6) is 1.39. The maximum absolute atomic E-state index is 11.5. The van der Waals surface area contributed by atoms with Gasteiger partial charge in [0.05, 0.1) is 20.8 Å². The van der Waals surface area contributed by atoms with Gasteiger partial charge < -0.3 is 18.6 Å². The molecule has 0 heterocycles. The molecule has 3 rings (SSSR count). The summed E-state index contributed by atoms with van der Waals surface area (Å²) >= 11 is 0. The number of hydrogen-bond donors (Lipinski definition) is 0. The molecule has 0 unspecified atom stereocenters. The minimum atomic E-state index is -2.66. The molecule has 0 radical (unpaired) electrons. The van der Waals surface area contributed by atoms with Crippen molar-refractivity contribution in [1.29, 1.82) is 0 Å². The van der Waals surface area contributed by atoms with Crippen molar-refractivity contribution in [2.45, 2.75) is 58.4 Å². The van der Waals surface area contributed by atoms with E-state index in [0.29, 0.717) is 19.6 Å². The number of carbonyl (C=O) groups excluding carboxylic acids is 1. The van der Waals surface area contributed by atoms with Crippen LogP contribution in [0.25, 0.3) is 0 Å². The molecule has 0 saturated carbocycles. The number of ether oxygens (including phenoxy) is 3. The fraction of sp³-hybridized carbons (Fsp3) is 0.406. The van der Waals surface area contributed by atoms with Crippen molar-refractivity contribution in [3.05, 3.63) is 83.9 Å². The molecule has 3 aromatic carbocycles. The fourth-order valence-electron chi connectivity index (χ4n) is 5.31. The number of methoxy groups -OCH3 is 2. The topological polar surface area (TPSA) is 54.0 Å². The third-order valence-electron chi connectivity index (χ3n) is 7.16. The van der Waals surface area contributed by atoms with Gasteiger partial charge in [0.15, 0.2) is 0 Å². The van der Waals surface area contributed by atoms with Crippen molar-refractivity contribution < 1.29 is 23.4 Å². The van der Waals surface area contributed by atoms with Crippen LogP contribution in [0, 0.1) is 6.92 Å². The number of carbonyl (C=O) groups is 1. The van der Waals surface area contributed by atoms with Gasteiger partial charge in [-0.25, -0.2) is 0 Å². The first-order valence-corrected chi connectivity index (χ1v) is 15.2. The summed E-state index contributed by atoms with van der Waals surface area (Å²) in [6, 6.07) is 25.4. The van der Waals surface area contributed by atoms with Crippen LogP contribution in [0.2, 0.25) is 5.04 Å². The van der Waals surface area contributed by atoms with Gasteiger partial charge in [-0.05, 0) is 58.8 Å². The Morgan fingerprint density at radius 2 is 1.34 bits per heavy atom. The van der Waals surface area contributed by atoms with E-state index in [1.165, 1.54) is 17.3 Å². The zero-order valence-electron chi connectivity index (χ0n) is 23.9. The Hall–Kier alpha value is -3.09. The quantitative estimate of drug-likeness (QED) is 0.210. The lowest BCUT2D eigenvalue weighted by Crippen LogP contribution is -2.66. The lowest BCUT2D eigenvalue weighted by Gasteiger charge is -2.43. The van der Waals surface area contributed by atoms with Crippen molar-refractivity contribution in [2.24, 2.45) is 0 Å². The van der Waals surface area contributed by atoms with Crippen LogP contribution in [-0.4, -0.2) is 41.7 Å². The number of rotatable bonds is 12. The second-order valence-corrected chi connectivity index (χ2v) is 15.0. The highest BCUT2D eigenvalue weighted by Gasteiger charge is 2.50.